The lowest BCUT2D eigenvalue weighted by atomic mass is 10.1. The Morgan fingerprint density at radius 2 is 2.18 bits per heavy atom. The number of methoxy groups -OCH3 is 1. The van der Waals surface area contributed by atoms with Crippen molar-refractivity contribution < 1.29 is 9.53 Å². The highest BCUT2D eigenvalue weighted by Crippen LogP contribution is 2.31. The number of Topliss-reactive ketones (excluding diaryl/α,β-unsaturated/α-hetero) is 1. The van der Waals surface area contributed by atoms with E-state index in [-0.39, 0.29) is 17.8 Å². The number of carbonyl (C=O) groups excluding carboxylic acids is 1. The van der Waals surface area contributed by atoms with Crippen LogP contribution in [0.2, 0.25) is 0 Å². The molecule has 0 aromatic heterocycles. The lowest BCUT2D eigenvalue weighted by Gasteiger charge is -2.16. The van der Waals surface area contributed by atoms with Gasteiger partial charge in [-0.15, -0.1) is 0 Å². The molecule has 0 radical (unpaired) electrons. The van der Waals surface area contributed by atoms with Crippen LogP contribution >= 0.6 is 0 Å². The summed E-state index contributed by atoms with van der Waals surface area (Å²) in [6, 6.07) is -0.424. The summed E-state index contributed by atoms with van der Waals surface area (Å²) in [5.41, 5.74) is 5.64. The van der Waals surface area contributed by atoms with Crippen molar-refractivity contribution in [1.29, 1.82) is 0 Å². The van der Waals surface area contributed by atoms with Crippen LogP contribution < -0.4 is 5.73 Å². The summed E-state index contributed by atoms with van der Waals surface area (Å²) in [6.45, 7) is 1.82. The summed E-state index contributed by atoms with van der Waals surface area (Å²) in [5, 5.41) is 0. The molecule has 11 heavy (non-hydrogen) atoms. The first kappa shape index (κ1) is 8.68. The summed E-state index contributed by atoms with van der Waals surface area (Å²) in [7, 11) is 1.57. The standard InChI is InChI=1S/C8H15NO2/c1-5(11-2)7(9)8(10)6-3-4-6/h5-7H,3-4,9H2,1-2H3/t5-,7+/m1/s1. The van der Waals surface area contributed by atoms with Crippen LogP contribution in [0, 0.1) is 5.92 Å². The van der Waals surface area contributed by atoms with Crippen LogP contribution in [0.3, 0.4) is 0 Å². The lowest BCUT2D eigenvalue weighted by Crippen LogP contribution is -2.42. The maximum Gasteiger partial charge on any atom is 0.155 e. The molecule has 0 heterocycles. The molecule has 1 saturated carbocycles. The minimum absolute atomic E-state index is 0.150. The van der Waals surface area contributed by atoms with Gasteiger partial charge in [-0.1, -0.05) is 0 Å². The number of rotatable bonds is 4. The van der Waals surface area contributed by atoms with Crippen LogP contribution in [0.4, 0.5) is 0 Å². The predicted molar refractivity (Wildman–Crippen MR) is 42.2 cm³/mol. The van der Waals surface area contributed by atoms with Gasteiger partial charge in [0, 0.05) is 13.0 Å². The van der Waals surface area contributed by atoms with Crippen molar-refractivity contribution in [2.24, 2.45) is 11.7 Å². The molecule has 0 aromatic rings. The lowest BCUT2D eigenvalue weighted by molar-refractivity contribution is -0.124. The Kier molecular flexibility index (Phi) is 2.62. The Labute approximate surface area is 66.9 Å². The van der Waals surface area contributed by atoms with Crippen LogP contribution in [0.1, 0.15) is 19.8 Å². The molecule has 1 aliphatic rings. The number of ether oxygens (including phenoxy) is 1. The summed E-state index contributed by atoms with van der Waals surface area (Å²) < 4.78 is 4.97. The van der Waals surface area contributed by atoms with Gasteiger partial charge < -0.3 is 10.5 Å². The summed E-state index contributed by atoms with van der Waals surface area (Å²) in [5.74, 6) is 0.405. The van der Waals surface area contributed by atoms with E-state index in [4.69, 9.17) is 10.5 Å². The minimum atomic E-state index is -0.424. The Hall–Kier alpha value is -0.410. The molecule has 1 fully saturated rings. The second kappa shape index (κ2) is 3.32. The molecule has 64 valence electrons. The Morgan fingerprint density at radius 3 is 2.55 bits per heavy atom. The monoisotopic (exact) mass is 157 g/mol. The third-order valence-corrected chi connectivity index (χ3v) is 2.19. The molecule has 0 spiro atoms. The molecule has 0 unspecified atom stereocenters. The molecule has 2 atom stereocenters. The molecule has 3 nitrogen and oxygen atoms in total. The topological polar surface area (TPSA) is 52.3 Å². The largest absolute Gasteiger partial charge is 0.380 e. The van der Waals surface area contributed by atoms with E-state index in [0.717, 1.165) is 12.8 Å². The zero-order valence-electron chi connectivity index (χ0n) is 7.04. The molecule has 0 amide bonds. The van der Waals surface area contributed by atoms with Gasteiger partial charge in [-0.05, 0) is 19.8 Å². The van der Waals surface area contributed by atoms with E-state index in [2.05, 4.69) is 0 Å². The molecule has 3 heteroatoms. The van der Waals surface area contributed by atoms with Gasteiger partial charge in [0.25, 0.3) is 0 Å². The fourth-order valence-electron chi connectivity index (χ4n) is 1.02. The maximum atomic E-state index is 11.3. The van der Waals surface area contributed by atoms with E-state index in [1.807, 2.05) is 6.92 Å². The van der Waals surface area contributed by atoms with E-state index in [9.17, 15) is 4.79 Å². The van der Waals surface area contributed by atoms with E-state index in [1.54, 1.807) is 7.11 Å². The van der Waals surface area contributed by atoms with Gasteiger partial charge in [-0.2, -0.15) is 0 Å². The van der Waals surface area contributed by atoms with Crippen LogP contribution in [0.5, 0.6) is 0 Å². The first-order valence-electron chi connectivity index (χ1n) is 3.99. The van der Waals surface area contributed by atoms with Gasteiger partial charge in [0.2, 0.25) is 0 Å². The second-order valence-electron chi connectivity index (χ2n) is 3.14. The van der Waals surface area contributed by atoms with Crippen molar-refractivity contribution in [3.8, 4) is 0 Å². The van der Waals surface area contributed by atoms with Crippen LogP contribution in [0.25, 0.3) is 0 Å². The zero-order valence-corrected chi connectivity index (χ0v) is 7.04. The minimum Gasteiger partial charge on any atom is -0.380 e. The Balaban J connectivity index is 2.38. The van der Waals surface area contributed by atoms with Gasteiger partial charge in [0.15, 0.2) is 5.78 Å². The number of carbonyl (C=O) groups is 1. The third kappa shape index (κ3) is 2.01. The van der Waals surface area contributed by atoms with Gasteiger partial charge in [0.05, 0.1) is 12.1 Å². The molecule has 1 rings (SSSR count). The predicted octanol–water partition coefficient (Wildman–Crippen LogP) is 0.328. The van der Waals surface area contributed by atoms with Gasteiger partial charge in [-0.25, -0.2) is 0 Å². The summed E-state index contributed by atoms with van der Waals surface area (Å²) in [4.78, 5) is 11.3. The van der Waals surface area contributed by atoms with E-state index >= 15 is 0 Å². The molecule has 2 N–H and O–H groups in total. The summed E-state index contributed by atoms with van der Waals surface area (Å²) >= 11 is 0. The maximum absolute atomic E-state index is 11.3. The quantitative estimate of drug-likeness (QED) is 0.639. The van der Waals surface area contributed by atoms with Crippen LogP contribution in [0.15, 0.2) is 0 Å². The first-order valence-corrected chi connectivity index (χ1v) is 3.99. The van der Waals surface area contributed by atoms with Crippen molar-refractivity contribution in [1.82, 2.24) is 0 Å². The number of ketones is 1. The smallest absolute Gasteiger partial charge is 0.155 e. The van der Waals surface area contributed by atoms with Crippen LogP contribution in [-0.2, 0) is 9.53 Å². The van der Waals surface area contributed by atoms with Crippen LogP contribution in [-0.4, -0.2) is 25.0 Å². The third-order valence-electron chi connectivity index (χ3n) is 2.19. The Bertz CT molecular complexity index is 154. The number of nitrogens with two attached hydrogens (primary N) is 1. The van der Waals surface area contributed by atoms with Gasteiger partial charge in [-0.3, -0.25) is 4.79 Å². The van der Waals surface area contributed by atoms with Crippen molar-refractivity contribution >= 4 is 5.78 Å². The molecular formula is C8H15NO2. The molecule has 0 bridgehead atoms. The SMILES string of the molecule is CO[C@H](C)[C@H](N)C(=O)C1CC1. The average Bonchev–Trinajstić information content (AvgIpc) is 2.82. The van der Waals surface area contributed by atoms with E-state index in [0.29, 0.717) is 0 Å². The zero-order chi connectivity index (χ0) is 8.43. The normalized spacial score (nSPS) is 22.8. The average molecular weight is 157 g/mol. The number of hydrogen-bond acceptors (Lipinski definition) is 3. The number of hydrogen-bond donors (Lipinski definition) is 1. The fraction of sp³-hybridized carbons (Fsp3) is 0.875. The van der Waals surface area contributed by atoms with Gasteiger partial charge >= 0.3 is 0 Å². The molecule has 0 saturated heterocycles. The van der Waals surface area contributed by atoms with Crippen molar-refractivity contribution in [2.45, 2.75) is 31.9 Å². The fourth-order valence-corrected chi connectivity index (χ4v) is 1.02. The Morgan fingerprint density at radius 1 is 1.64 bits per heavy atom. The van der Waals surface area contributed by atoms with E-state index < -0.39 is 6.04 Å². The van der Waals surface area contributed by atoms with Crippen molar-refractivity contribution in [3.05, 3.63) is 0 Å². The highest BCUT2D eigenvalue weighted by molar-refractivity contribution is 5.88. The van der Waals surface area contributed by atoms with Gasteiger partial charge in [0.1, 0.15) is 0 Å². The van der Waals surface area contributed by atoms with Crippen molar-refractivity contribution in [3.63, 3.8) is 0 Å². The van der Waals surface area contributed by atoms with Crippen molar-refractivity contribution in [2.75, 3.05) is 7.11 Å². The molecule has 0 aromatic carbocycles. The highest BCUT2D eigenvalue weighted by atomic mass is 16.5. The second-order valence-corrected chi connectivity index (χ2v) is 3.14. The molecule has 0 aliphatic heterocycles. The molecular weight excluding hydrogens is 142 g/mol. The highest BCUT2D eigenvalue weighted by Gasteiger charge is 2.35. The first-order chi connectivity index (χ1) is 5.16. The molecule has 1 aliphatic carbocycles. The van der Waals surface area contributed by atoms with E-state index in [1.165, 1.54) is 0 Å². The summed E-state index contributed by atoms with van der Waals surface area (Å²) in [6.07, 6.45) is 1.88.